The third-order valence-electron chi connectivity index (χ3n) is 2.67. The van der Waals surface area contributed by atoms with E-state index in [0.717, 1.165) is 18.1 Å². The number of carbonyl (C=O) groups excluding carboxylic acids is 1. The van der Waals surface area contributed by atoms with Gasteiger partial charge in [-0.3, -0.25) is 4.79 Å². The SMILES string of the molecule is O=C(CO)Nc1cccc(COCC2CC2)c1. The lowest BCUT2D eigenvalue weighted by molar-refractivity contribution is -0.118. The van der Waals surface area contributed by atoms with Crippen molar-refractivity contribution in [1.82, 2.24) is 0 Å². The topological polar surface area (TPSA) is 58.6 Å². The summed E-state index contributed by atoms with van der Waals surface area (Å²) in [5, 5.41) is 11.2. The average molecular weight is 235 g/mol. The van der Waals surface area contributed by atoms with Gasteiger partial charge in [-0.1, -0.05) is 12.1 Å². The molecule has 0 spiro atoms. The Morgan fingerprint density at radius 3 is 3.00 bits per heavy atom. The van der Waals surface area contributed by atoms with E-state index < -0.39 is 12.5 Å². The van der Waals surface area contributed by atoms with Crippen molar-refractivity contribution in [3.63, 3.8) is 0 Å². The summed E-state index contributed by atoms with van der Waals surface area (Å²) in [5.41, 5.74) is 1.72. The highest BCUT2D eigenvalue weighted by molar-refractivity contribution is 5.91. The smallest absolute Gasteiger partial charge is 0.250 e. The van der Waals surface area contributed by atoms with Crippen LogP contribution >= 0.6 is 0 Å². The van der Waals surface area contributed by atoms with Crippen LogP contribution in [0.3, 0.4) is 0 Å². The highest BCUT2D eigenvalue weighted by atomic mass is 16.5. The second kappa shape index (κ2) is 5.80. The molecule has 2 N–H and O–H groups in total. The Morgan fingerprint density at radius 1 is 1.47 bits per heavy atom. The maximum absolute atomic E-state index is 11.0. The van der Waals surface area contributed by atoms with Gasteiger partial charge in [0.1, 0.15) is 6.61 Å². The van der Waals surface area contributed by atoms with Crippen LogP contribution in [0.25, 0.3) is 0 Å². The number of rotatable bonds is 6. The lowest BCUT2D eigenvalue weighted by Crippen LogP contribution is -2.15. The third kappa shape index (κ3) is 4.17. The van der Waals surface area contributed by atoms with Gasteiger partial charge in [0.15, 0.2) is 0 Å². The van der Waals surface area contributed by atoms with Crippen molar-refractivity contribution >= 4 is 11.6 Å². The van der Waals surface area contributed by atoms with Crippen LogP contribution in [-0.2, 0) is 16.1 Å². The van der Waals surface area contributed by atoms with E-state index in [1.165, 1.54) is 12.8 Å². The van der Waals surface area contributed by atoms with Crippen molar-refractivity contribution in [2.75, 3.05) is 18.5 Å². The fourth-order valence-corrected chi connectivity index (χ4v) is 1.57. The first kappa shape index (κ1) is 12.1. The molecule has 2 rings (SSSR count). The van der Waals surface area contributed by atoms with Crippen LogP contribution in [-0.4, -0.2) is 24.2 Å². The van der Waals surface area contributed by atoms with Crippen LogP contribution in [0.4, 0.5) is 5.69 Å². The quantitative estimate of drug-likeness (QED) is 0.786. The molecule has 0 radical (unpaired) electrons. The van der Waals surface area contributed by atoms with Crippen molar-refractivity contribution in [3.8, 4) is 0 Å². The third-order valence-corrected chi connectivity index (χ3v) is 2.67. The van der Waals surface area contributed by atoms with Gasteiger partial charge in [0.05, 0.1) is 6.61 Å². The van der Waals surface area contributed by atoms with Gasteiger partial charge >= 0.3 is 0 Å². The van der Waals surface area contributed by atoms with E-state index in [-0.39, 0.29) is 0 Å². The van der Waals surface area contributed by atoms with Crippen molar-refractivity contribution < 1.29 is 14.6 Å². The molecular formula is C13H17NO3. The fraction of sp³-hybridized carbons (Fsp3) is 0.462. The van der Waals surface area contributed by atoms with Gasteiger partial charge in [0.25, 0.3) is 0 Å². The summed E-state index contributed by atoms with van der Waals surface area (Å²) in [6, 6.07) is 7.47. The van der Waals surface area contributed by atoms with Crippen molar-refractivity contribution in [2.24, 2.45) is 5.92 Å². The second-order valence-electron chi connectivity index (χ2n) is 4.37. The summed E-state index contributed by atoms with van der Waals surface area (Å²) in [5.74, 6) is 0.355. The summed E-state index contributed by atoms with van der Waals surface area (Å²) < 4.78 is 5.57. The Hall–Kier alpha value is -1.39. The molecule has 1 fully saturated rings. The minimum absolute atomic E-state index is 0.402. The first-order chi connectivity index (χ1) is 8.28. The summed E-state index contributed by atoms with van der Waals surface area (Å²) in [6.45, 7) is 0.898. The Bertz CT molecular complexity index is 388. The van der Waals surface area contributed by atoms with Gasteiger partial charge in [-0.15, -0.1) is 0 Å². The van der Waals surface area contributed by atoms with Crippen molar-refractivity contribution in [2.45, 2.75) is 19.4 Å². The first-order valence-electron chi connectivity index (χ1n) is 5.85. The van der Waals surface area contributed by atoms with Gasteiger partial charge in [0, 0.05) is 12.3 Å². The molecule has 0 bridgehead atoms. The molecule has 0 unspecified atom stereocenters. The van der Waals surface area contributed by atoms with Crippen molar-refractivity contribution in [1.29, 1.82) is 0 Å². The molecule has 1 aromatic rings. The van der Waals surface area contributed by atoms with Crippen LogP contribution in [0.1, 0.15) is 18.4 Å². The number of nitrogens with one attached hydrogen (secondary N) is 1. The normalized spacial score (nSPS) is 14.6. The summed E-state index contributed by atoms with van der Waals surface area (Å²) in [4.78, 5) is 11.0. The minimum Gasteiger partial charge on any atom is -0.387 e. The molecule has 1 aliphatic carbocycles. The lowest BCUT2D eigenvalue weighted by atomic mass is 10.2. The maximum Gasteiger partial charge on any atom is 0.250 e. The summed E-state index contributed by atoms with van der Waals surface area (Å²) in [6.07, 6.45) is 2.57. The van der Waals surface area contributed by atoms with E-state index in [1.54, 1.807) is 6.07 Å². The van der Waals surface area contributed by atoms with Crippen molar-refractivity contribution in [3.05, 3.63) is 29.8 Å². The molecule has 0 atom stereocenters. The number of ether oxygens (including phenoxy) is 1. The van der Waals surface area contributed by atoms with Crippen LogP contribution in [0.15, 0.2) is 24.3 Å². The zero-order valence-electron chi connectivity index (χ0n) is 9.69. The molecule has 17 heavy (non-hydrogen) atoms. The Morgan fingerprint density at radius 2 is 2.29 bits per heavy atom. The second-order valence-corrected chi connectivity index (χ2v) is 4.37. The number of benzene rings is 1. The Labute approximate surface area is 101 Å². The molecule has 1 saturated carbocycles. The standard InChI is InChI=1S/C13H17NO3/c15-7-13(16)14-12-3-1-2-11(6-12)9-17-8-10-4-5-10/h1-3,6,10,15H,4-5,7-9H2,(H,14,16). The molecule has 0 aromatic heterocycles. The molecule has 92 valence electrons. The van der Waals surface area contributed by atoms with Gasteiger partial charge in [0.2, 0.25) is 5.91 Å². The zero-order valence-corrected chi connectivity index (χ0v) is 9.69. The van der Waals surface area contributed by atoms with E-state index in [1.807, 2.05) is 18.2 Å². The largest absolute Gasteiger partial charge is 0.387 e. The van der Waals surface area contributed by atoms with E-state index in [2.05, 4.69) is 5.32 Å². The van der Waals surface area contributed by atoms with Gasteiger partial charge < -0.3 is 15.2 Å². The van der Waals surface area contributed by atoms with Crippen LogP contribution in [0.5, 0.6) is 0 Å². The summed E-state index contributed by atoms with van der Waals surface area (Å²) >= 11 is 0. The van der Waals surface area contributed by atoms with E-state index >= 15 is 0 Å². The number of carbonyl (C=O) groups is 1. The van der Waals surface area contributed by atoms with Crippen LogP contribution in [0, 0.1) is 5.92 Å². The molecule has 4 nitrogen and oxygen atoms in total. The number of aliphatic hydroxyl groups excluding tert-OH is 1. The molecule has 1 aliphatic rings. The monoisotopic (exact) mass is 235 g/mol. The fourth-order valence-electron chi connectivity index (χ4n) is 1.57. The maximum atomic E-state index is 11.0. The number of amides is 1. The van der Waals surface area contributed by atoms with Gasteiger partial charge in [-0.2, -0.15) is 0 Å². The number of hydrogen-bond donors (Lipinski definition) is 2. The molecule has 1 aromatic carbocycles. The minimum atomic E-state index is -0.498. The predicted octanol–water partition coefficient (Wildman–Crippen LogP) is 1.54. The number of aliphatic hydroxyl groups is 1. The first-order valence-corrected chi connectivity index (χ1v) is 5.85. The van der Waals surface area contributed by atoms with E-state index in [4.69, 9.17) is 9.84 Å². The number of hydrogen-bond acceptors (Lipinski definition) is 3. The highest BCUT2D eigenvalue weighted by Crippen LogP contribution is 2.29. The van der Waals surface area contributed by atoms with Crippen LogP contribution < -0.4 is 5.32 Å². The summed E-state index contributed by atoms with van der Waals surface area (Å²) in [7, 11) is 0. The lowest BCUT2D eigenvalue weighted by Gasteiger charge is -2.07. The van der Waals surface area contributed by atoms with E-state index in [0.29, 0.717) is 12.3 Å². The Balaban J connectivity index is 1.83. The molecule has 0 saturated heterocycles. The molecule has 0 heterocycles. The molecule has 1 amide bonds. The predicted molar refractivity (Wildman–Crippen MR) is 64.5 cm³/mol. The molecule has 4 heteroatoms. The van der Waals surface area contributed by atoms with Crippen LogP contribution in [0.2, 0.25) is 0 Å². The highest BCUT2D eigenvalue weighted by Gasteiger charge is 2.20. The van der Waals surface area contributed by atoms with Gasteiger partial charge in [-0.05, 0) is 36.5 Å². The number of anilines is 1. The zero-order chi connectivity index (χ0) is 12.1. The molecule has 0 aliphatic heterocycles. The molecular weight excluding hydrogens is 218 g/mol. The van der Waals surface area contributed by atoms with E-state index in [9.17, 15) is 4.79 Å². The average Bonchev–Trinajstić information content (AvgIpc) is 3.13. The van der Waals surface area contributed by atoms with Gasteiger partial charge in [-0.25, -0.2) is 0 Å². The Kier molecular flexibility index (Phi) is 4.12.